The van der Waals surface area contributed by atoms with Crippen LogP contribution in [0.5, 0.6) is 5.75 Å². The lowest BCUT2D eigenvalue weighted by Crippen LogP contribution is -2.52. The Morgan fingerprint density at radius 3 is 2.58 bits per heavy atom. The van der Waals surface area contributed by atoms with Crippen molar-refractivity contribution in [1.29, 1.82) is 0 Å². The number of hydrogen-bond donors (Lipinski definition) is 3. The Labute approximate surface area is 172 Å². The van der Waals surface area contributed by atoms with Crippen molar-refractivity contribution in [3.8, 4) is 5.75 Å². The van der Waals surface area contributed by atoms with E-state index in [1.165, 1.54) is 12.1 Å². The van der Waals surface area contributed by atoms with Crippen LogP contribution in [0, 0.1) is 11.7 Å². The summed E-state index contributed by atoms with van der Waals surface area (Å²) in [6.07, 6.45) is 0. The minimum atomic E-state index is -0.616. The molecule has 1 saturated heterocycles. The Bertz CT molecular complexity index is 580. The van der Waals surface area contributed by atoms with E-state index in [-0.39, 0.29) is 29.7 Å². The fraction of sp³-hybridized carbons (Fsp3) is 0.611. The molecule has 1 aliphatic heterocycles. The second kappa shape index (κ2) is 11.6. The predicted octanol–water partition coefficient (Wildman–Crippen LogP) is 2.17. The summed E-state index contributed by atoms with van der Waals surface area (Å²) >= 11 is 0. The van der Waals surface area contributed by atoms with E-state index < -0.39 is 5.82 Å². The molecule has 1 atom stereocenters. The maximum atomic E-state index is 13.4. The van der Waals surface area contributed by atoms with Gasteiger partial charge in [0.05, 0.1) is 13.2 Å². The van der Waals surface area contributed by atoms with Crippen molar-refractivity contribution in [3.05, 3.63) is 29.6 Å². The molecule has 0 spiro atoms. The molecule has 1 aromatic carbocycles. The SMILES string of the molecule is CN=C(NCc1ccc(O)c(F)c1)NCC(C(C)C)N1CCOCC1.I. The van der Waals surface area contributed by atoms with Crippen LogP contribution in [-0.4, -0.2) is 61.9 Å². The van der Waals surface area contributed by atoms with E-state index in [0.717, 1.165) is 38.4 Å². The Hall–Kier alpha value is -1.13. The summed E-state index contributed by atoms with van der Waals surface area (Å²) in [7, 11) is 1.71. The summed E-state index contributed by atoms with van der Waals surface area (Å²) in [5.74, 6) is 0.230. The maximum Gasteiger partial charge on any atom is 0.191 e. The number of aromatic hydroxyl groups is 1. The van der Waals surface area contributed by atoms with E-state index in [1.807, 2.05) is 0 Å². The molecule has 26 heavy (non-hydrogen) atoms. The van der Waals surface area contributed by atoms with Crippen molar-refractivity contribution >= 4 is 29.9 Å². The number of nitrogens with zero attached hydrogens (tertiary/aromatic N) is 2. The number of benzene rings is 1. The highest BCUT2D eigenvalue weighted by Crippen LogP contribution is 2.16. The summed E-state index contributed by atoms with van der Waals surface area (Å²) in [5.41, 5.74) is 0.742. The van der Waals surface area contributed by atoms with Gasteiger partial charge < -0.3 is 20.5 Å². The largest absolute Gasteiger partial charge is 0.505 e. The number of hydrogen-bond acceptors (Lipinski definition) is 4. The van der Waals surface area contributed by atoms with Crippen LogP contribution in [0.4, 0.5) is 4.39 Å². The molecule has 148 valence electrons. The third-order valence-electron chi connectivity index (χ3n) is 4.46. The normalized spacial score (nSPS) is 16.9. The summed E-state index contributed by atoms with van der Waals surface area (Å²) in [6, 6.07) is 4.76. The van der Waals surface area contributed by atoms with Crippen LogP contribution < -0.4 is 10.6 Å². The number of ether oxygens (including phenoxy) is 1. The molecular weight excluding hydrogens is 450 g/mol. The first kappa shape index (κ1) is 22.9. The molecule has 1 aromatic rings. The van der Waals surface area contributed by atoms with Gasteiger partial charge in [-0.2, -0.15) is 0 Å². The molecule has 0 bridgehead atoms. The minimum absolute atomic E-state index is 0. The highest BCUT2D eigenvalue weighted by molar-refractivity contribution is 14.0. The van der Waals surface area contributed by atoms with Gasteiger partial charge in [0.2, 0.25) is 0 Å². The van der Waals surface area contributed by atoms with Crippen molar-refractivity contribution in [2.24, 2.45) is 10.9 Å². The molecule has 3 N–H and O–H groups in total. The molecule has 0 amide bonds. The molecule has 0 aliphatic carbocycles. The molecule has 0 saturated carbocycles. The monoisotopic (exact) mass is 480 g/mol. The summed E-state index contributed by atoms with van der Waals surface area (Å²) < 4.78 is 18.8. The van der Waals surface area contributed by atoms with Gasteiger partial charge in [-0.1, -0.05) is 19.9 Å². The molecule has 0 aromatic heterocycles. The van der Waals surface area contributed by atoms with Crippen molar-refractivity contribution in [3.63, 3.8) is 0 Å². The van der Waals surface area contributed by atoms with Gasteiger partial charge in [0.1, 0.15) is 0 Å². The van der Waals surface area contributed by atoms with Gasteiger partial charge in [-0.25, -0.2) is 4.39 Å². The van der Waals surface area contributed by atoms with Crippen molar-refractivity contribution < 1.29 is 14.2 Å². The van der Waals surface area contributed by atoms with Crippen LogP contribution in [0.25, 0.3) is 0 Å². The average molecular weight is 480 g/mol. The molecule has 1 aliphatic rings. The molecule has 2 rings (SSSR count). The average Bonchev–Trinajstić information content (AvgIpc) is 2.61. The fourth-order valence-electron chi connectivity index (χ4n) is 2.96. The molecule has 6 nitrogen and oxygen atoms in total. The first-order valence-corrected chi connectivity index (χ1v) is 8.75. The first-order valence-electron chi connectivity index (χ1n) is 8.75. The maximum absolute atomic E-state index is 13.4. The van der Waals surface area contributed by atoms with Gasteiger partial charge in [0.15, 0.2) is 17.5 Å². The number of halogens is 2. The van der Waals surface area contributed by atoms with Crippen molar-refractivity contribution in [2.45, 2.75) is 26.4 Å². The highest BCUT2D eigenvalue weighted by atomic mass is 127. The zero-order chi connectivity index (χ0) is 18.2. The van der Waals surface area contributed by atoms with Crippen molar-refractivity contribution in [2.75, 3.05) is 39.9 Å². The number of phenols is 1. The van der Waals surface area contributed by atoms with Gasteiger partial charge in [0.25, 0.3) is 0 Å². The molecular formula is C18H30FIN4O2. The number of aliphatic imine (C=N–C) groups is 1. The quantitative estimate of drug-likeness (QED) is 0.331. The number of morpholine rings is 1. The summed E-state index contributed by atoms with van der Waals surface area (Å²) in [4.78, 5) is 6.68. The number of nitrogens with one attached hydrogen (secondary N) is 2. The first-order chi connectivity index (χ1) is 12.0. The minimum Gasteiger partial charge on any atom is -0.505 e. The zero-order valence-electron chi connectivity index (χ0n) is 15.7. The third kappa shape index (κ3) is 6.88. The van der Waals surface area contributed by atoms with E-state index >= 15 is 0 Å². The predicted molar refractivity (Wildman–Crippen MR) is 113 cm³/mol. The van der Waals surface area contributed by atoms with Crippen LogP contribution in [0.3, 0.4) is 0 Å². The molecule has 1 heterocycles. The topological polar surface area (TPSA) is 69.1 Å². The van der Waals surface area contributed by atoms with Gasteiger partial charge >= 0.3 is 0 Å². The molecule has 1 fully saturated rings. The lowest BCUT2D eigenvalue weighted by molar-refractivity contribution is 0.00752. The number of guanidine groups is 1. The lowest BCUT2D eigenvalue weighted by Gasteiger charge is -2.37. The number of phenolic OH excluding ortho intramolecular Hbond substituents is 1. The Kier molecular flexibility index (Phi) is 10.2. The zero-order valence-corrected chi connectivity index (χ0v) is 18.0. The van der Waals surface area contributed by atoms with Crippen LogP contribution >= 0.6 is 24.0 Å². The van der Waals surface area contributed by atoms with Crippen LogP contribution in [0.15, 0.2) is 23.2 Å². The van der Waals surface area contributed by atoms with Gasteiger partial charge in [-0.05, 0) is 23.6 Å². The second-order valence-corrected chi connectivity index (χ2v) is 6.55. The van der Waals surface area contributed by atoms with Crippen LogP contribution in [0.2, 0.25) is 0 Å². The summed E-state index contributed by atoms with van der Waals surface area (Å²) in [5, 5.41) is 15.8. The highest BCUT2D eigenvalue weighted by Gasteiger charge is 2.23. The van der Waals surface area contributed by atoms with E-state index in [1.54, 1.807) is 13.1 Å². The third-order valence-corrected chi connectivity index (χ3v) is 4.46. The van der Waals surface area contributed by atoms with E-state index in [0.29, 0.717) is 24.5 Å². The molecule has 8 heteroatoms. The second-order valence-electron chi connectivity index (χ2n) is 6.55. The Morgan fingerprint density at radius 2 is 2.00 bits per heavy atom. The fourth-order valence-corrected chi connectivity index (χ4v) is 2.96. The van der Waals surface area contributed by atoms with Crippen LogP contribution in [0.1, 0.15) is 19.4 Å². The van der Waals surface area contributed by atoms with Gasteiger partial charge in [-0.15, -0.1) is 24.0 Å². The van der Waals surface area contributed by atoms with Crippen molar-refractivity contribution in [1.82, 2.24) is 15.5 Å². The number of rotatable bonds is 6. The van der Waals surface area contributed by atoms with E-state index in [4.69, 9.17) is 4.74 Å². The van der Waals surface area contributed by atoms with Gasteiger partial charge in [-0.3, -0.25) is 9.89 Å². The van der Waals surface area contributed by atoms with E-state index in [2.05, 4.69) is 34.4 Å². The molecule has 1 unspecified atom stereocenters. The van der Waals surface area contributed by atoms with Gasteiger partial charge in [0, 0.05) is 39.3 Å². The standard InChI is InChI=1S/C18H29FN4O2.HI/c1-13(2)16(23-6-8-25-9-7-23)12-22-18(20-3)21-11-14-4-5-17(24)15(19)10-14;/h4-5,10,13,16,24H,6-9,11-12H2,1-3H3,(H2,20,21,22);1H. The smallest absolute Gasteiger partial charge is 0.191 e. The Balaban J connectivity index is 0.00000338. The lowest BCUT2D eigenvalue weighted by atomic mass is 10.0. The Morgan fingerprint density at radius 1 is 1.31 bits per heavy atom. The molecule has 0 radical (unpaired) electrons. The van der Waals surface area contributed by atoms with Crippen LogP contribution in [-0.2, 0) is 11.3 Å². The summed E-state index contributed by atoms with van der Waals surface area (Å²) in [6.45, 7) is 9.11. The van der Waals surface area contributed by atoms with E-state index in [9.17, 15) is 9.50 Å².